The predicted molar refractivity (Wildman–Crippen MR) is 214 cm³/mol. The fourth-order valence-electron chi connectivity index (χ4n) is 8.19. The van der Waals surface area contributed by atoms with E-state index in [2.05, 4.69) is 24.5 Å². The van der Waals surface area contributed by atoms with Gasteiger partial charge in [-0.05, 0) is 64.1 Å². The molecule has 308 valence electrons. The van der Waals surface area contributed by atoms with Gasteiger partial charge in [0, 0.05) is 34.4 Å². The molecular formula is C42H73N5O7. The number of likely N-dealkylation sites (N-methyl/N-ethyl adjacent to an activating group) is 2. The average molecular weight is 760 g/mol. The topological polar surface area (TPSA) is 130 Å². The van der Waals surface area contributed by atoms with Crippen LogP contribution >= 0.6 is 0 Å². The van der Waals surface area contributed by atoms with Crippen LogP contribution in [0.4, 0.5) is 0 Å². The Morgan fingerprint density at radius 1 is 0.870 bits per heavy atom. The Balaban J connectivity index is 2.27. The molecule has 1 aliphatic rings. The monoisotopic (exact) mass is 760 g/mol. The first-order chi connectivity index (χ1) is 25.5. The molecule has 1 aromatic rings. The third-order valence-corrected chi connectivity index (χ3v) is 11.2. The zero-order valence-corrected chi connectivity index (χ0v) is 35.8. The Kier molecular flexibility index (Phi) is 19.6. The molecule has 0 bridgehead atoms. The molecule has 4 amide bonds. The van der Waals surface area contributed by atoms with Crippen molar-refractivity contribution in [2.24, 2.45) is 23.7 Å². The number of benzene rings is 1. The molecule has 2 rings (SSSR count). The minimum absolute atomic E-state index is 0.00592. The van der Waals surface area contributed by atoms with Gasteiger partial charge in [-0.1, -0.05) is 85.2 Å². The van der Waals surface area contributed by atoms with Gasteiger partial charge in [0.2, 0.25) is 23.6 Å². The van der Waals surface area contributed by atoms with Gasteiger partial charge in [0.1, 0.15) is 12.1 Å². The normalized spacial score (nSPS) is 19.8. The van der Waals surface area contributed by atoms with Crippen LogP contribution in [0.15, 0.2) is 30.3 Å². The Bertz CT molecular complexity index is 1300. The molecule has 1 aromatic carbocycles. The first-order valence-electron chi connectivity index (χ1n) is 20.0. The number of ether oxygens (including phenoxy) is 3. The summed E-state index contributed by atoms with van der Waals surface area (Å²) in [6, 6.07) is 7.68. The highest BCUT2D eigenvalue weighted by atomic mass is 16.5. The molecule has 0 unspecified atom stereocenters. The summed E-state index contributed by atoms with van der Waals surface area (Å²) in [5, 5.41) is 6.21. The second-order valence-corrected chi connectivity index (χ2v) is 16.1. The molecule has 1 saturated heterocycles. The first kappa shape index (κ1) is 47.1. The summed E-state index contributed by atoms with van der Waals surface area (Å²) in [7, 11) is 8.65. The van der Waals surface area contributed by atoms with Crippen LogP contribution in [0, 0.1) is 23.7 Å². The van der Waals surface area contributed by atoms with E-state index in [1.165, 1.54) is 0 Å². The van der Waals surface area contributed by atoms with Crippen molar-refractivity contribution in [2.75, 3.05) is 48.5 Å². The molecule has 12 heteroatoms. The third kappa shape index (κ3) is 12.2. The fourth-order valence-corrected chi connectivity index (χ4v) is 8.19. The van der Waals surface area contributed by atoms with Gasteiger partial charge in [-0.3, -0.25) is 24.1 Å². The summed E-state index contributed by atoms with van der Waals surface area (Å²) in [6.07, 6.45) is 0.842. The molecule has 0 aromatic heterocycles. The number of amides is 4. The summed E-state index contributed by atoms with van der Waals surface area (Å²) in [6.45, 7) is 18.7. The zero-order chi connectivity index (χ0) is 40.9. The molecule has 54 heavy (non-hydrogen) atoms. The number of carbonyl (C=O) groups excluding carboxylic acids is 4. The second kappa shape index (κ2) is 22.5. The highest BCUT2D eigenvalue weighted by Crippen LogP contribution is 2.30. The minimum atomic E-state index is -0.749. The Morgan fingerprint density at radius 2 is 1.50 bits per heavy atom. The highest BCUT2D eigenvalue weighted by molar-refractivity contribution is 5.90. The van der Waals surface area contributed by atoms with E-state index in [4.69, 9.17) is 14.2 Å². The summed E-state index contributed by atoms with van der Waals surface area (Å²) in [5.74, 6) is -1.35. The van der Waals surface area contributed by atoms with Gasteiger partial charge < -0.3 is 34.6 Å². The van der Waals surface area contributed by atoms with E-state index in [0.29, 0.717) is 19.6 Å². The van der Waals surface area contributed by atoms with Crippen molar-refractivity contribution in [3.05, 3.63) is 35.9 Å². The van der Waals surface area contributed by atoms with Gasteiger partial charge in [-0.15, -0.1) is 0 Å². The van der Waals surface area contributed by atoms with E-state index >= 15 is 0 Å². The van der Waals surface area contributed by atoms with Crippen molar-refractivity contribution in [3.8, 4) is 0 Å². The molecule has 12 nitrogen and oxygen atoms in total. The number of nitrogens with one attached hydrogen (secondary N) is 2. The van der Waals surface area contributed by atoms with Crippen LogP contribution in [0.25, 0.3) is 0 Å². The molecule has 10 atom stereocenters. The maximum absolute atomic E-state index is 14.2. The molecule has 1 fully saturated rings. The van der Waals surface area contributed by atoms with Crippen molar-refractivity contribution < 1.29 is 33.4 Å². The predicted octanol–water partition coefficient (Wildman–Crippen LogP) is 4.92. The van der Waals surface area contributed by atoms with Gasteiger partial charge in [-0.2, -0.15) is 0 Å². The van der Waals surface area contributed by atoms with Gasteiger partial charge in [0.25, 0.3) is 0 Å². The van der Waals surface area contributed by atoms with E-state index in [-0.39, 0.29) is 72.0 Å². The lowest BCUT2D eigenvalue weighted by Gasteiger charge is -2.41. The Labute approximate surface area is 326 Å². The van der Waals surface area contributed by atoms with E-state index in [0.717, 1.165) is 18.4 Å². The van der Waals surface area contributed by atoms with Crippen LogP contribution < -0.4 is 10.6 Å². The van der Waals surface area contributed by atoms with Crippen LogP contribution in [0.2, 0.25) is 0 Å². The van der Waals surface area contributed by atoms with Crippen molar-refractivity contribution in [1.29, 1.82) is 0 Å². The number of hydrogen-bond acceptors (Lipinski definition) is 8. The van der Waals surface area contributed by atoms with Gasteiger partial charge in [0.15, 0.2) is 0 Å². The van der Waals surface area contributed by atoms with Crippen LogP contribution in [0.3, 0.4) is 0 Å². The molecule has 0 saturated carbocycles. The van der Waals surface area contributed by atoms with Crippen molar-refractivity contribution in [3.63, 3.8) is 0 Å². The number of nitrogens with zero attached hydrogens (tertiary/aromatic N) is 3. The molecule has 0 spiro atoms. The van der Waals surface area contributed by atoms with Gasteiger partial charge in [-0.25, -0.2) is 0 Å². The summed E-state index contributed by atoms with van der Waals surface area (Å²) in [4.78, 5) is 61.0. The lowest BCUT2D eigenvalue weighted by molar-refractivity contribution is -0.148. The van der Waals surface area contributed by atoms with E-state index in [1.807, 2.05) is 103 Å². The van der Waals surface area contributed by atoms with Crippen molar-refractivity contribution >= 4 is 23.6 Å². The molecule has 1 aliphatic heterocycles. The Morgan fingerprint density at radius 3 is 2.00 bits per heavy atom. The molecule has 0 aliphatic carbocycles. The molecule has 1 heterocycles. The number of rotatable bonds is 22. The average Bonchev–Trinajstić information content (AvgIpc) is 3.61. The molecule has 2 N–H and O–H groups in total. The standard InChI is InChI=1S/C42H73N5O7/c1-15-28(7)37(46(12)42(51)35(26(3)4)44-41(50)36(27(5)6)45(10)11)33(52-13)25-34(48)47-24-20-23-32(47)38(53-14)29(8)40(49)43-30(9)39(54-16-2)31-21-18-17-19-22-31/h17-19,21-22,26-30,32-33,35-39H,15-16,20,23-25H2,1-14H3,(H,43,49)(H,44,50)/t28-,29+,30+,32-,33+,35-,36-,37-,38+,39+/m0/s1. The molecule has 0 radical (unpaired) electrons. The second-order valence-electron chi connectivity index (χ2n) is 16.1. The Hall–Kier alpha value is -3.06. The number of hydrogen-bond donors (Lipinski definition) is 2. The number of carbonyl (C=O) groups is 4. The van der Waals surface area contributed by atoms with Crippen molar-refractivity contribution in [1.82, 2.24) is 25.3 Å². The van der Waals surface area contributed by atoms with E-state index in [1.54, 1.807) is 26.2 Å². The maximum Gasteiger partial charge on any atom is 0.245 e. The quantitative estimate of drug-likeness (QED) is 0.171. The third-order valence-electron chi connectivity index (χ3n) is 11.2. The van der Waals surface area contributed by atoms with E-state index in [9.17, 15) is 19.2 Å². The summed E-state index contributed by atoms with van der Waals surface area (Å²) < 4.78 is 18.1. The first-order valence-corrected chi connectivity index (χ1v) is 20.0. The summed E-state index contributed by atoms with van der Waals surface area (Å²) in [5.41, 5.74) is 0.986. The summed E-state index contributed by atoms with van der Waals surface area (Å²) >= 11 is 0. The van der Waals surface area contributed by atoms with Crippen molar-refractivity contribution in [2.45, 2.75) is 137 Å². The van der Waals surface area contributed by atoms with Gasteiger partial charge >= 0.3 is 0 Å². The largest absolute Gasteiger partial charge is 0.379 e. The van der Waals surface area contributed by atoms with Crippen LogP contribution in [0.1, 0.15) is 99.7 Å². The van der Waals surface area contributed by atoms with Gasteiger partial charge in [0.05, 0.1) is 48.7 Å². The highest BCUT2D eigenvalue weighted by Gasteiger charge is 2.43. The number of likely N-dealkylation sites (tertiary alicyclic amines) is 1. The van der Waals surface area contributed by atoms with Crippen LogP contribution in [-0.2, 0) is 33.4 Å². The SMILES string of the molecule is CCO[C@@H](c1ccccc1)[C@@H](C)NC(=O)[C@H](C)[C@@H](OC)[C@@H]1CCCN1C(=O)C[C@@H](OC)[C@H]([C@@H](C)CC)N(C)C(=O)[C@@H](NC(=O)[C@H](C(C)C)N(C)C)C(C)C. The smallest absolute Gasteiger partial charge is 0.245 e. The molecular weight excluding hydrogens is 686 g/mol. The van der Waals surface area contributed by atoms with Crippen LogP contribution in [-0.4, -0.2) is 129 Å². The fraction of sp³-hybridized carbons (Fsp3) is 0.762. The van der Waals surface area contributed by atoms with E-state index < -0.39 is 30.2 Å². The van der Waals surface area contributed by atoms with Crippen LogP contribution in [0.5, 0.6) is 0 Å². The lowest BCUT2D eigenvalue weighted by Crippen LogP contribution is -2.59. The number of methoxy groups -OCH3 is 2. The maximum atomic E-state index is 14.2. The lowest BCUT2D eigenvalue weighted by atomic mass is 9.89. The minimum Gasteiger partial charge on any atom is -0.379 e. The zero-order valence-electron chi connectivity index (χ0n) is 35.8.